The smallest absolute Gasteiger partial charge is 0.295 e. The molecule has 0 aromatic rings. The van der Waals surface area contributed by atoms with E-state index in [2.05, 4.69) is 0 Å². The van der Waals surface area contributed by atoms with Gasteiger partial charge in [0.2, 0.25) is 5.76 Å². The van der Waals surface area contributed by atoms with Crippen LogP contribution in [-0.2, 0) is 14.3 Å². The quantitative estimate of drug-likeness (QED) is 0.282. The molecule has 0 spiro atoms. The van der Waals surface area contributed by atoms with Gasteiger partial charge in [0.25, 0.3) is 11.8 Å². The molecular weight excluding hydrogens is 190 g/mol. The lowest BCUT2D eigenvalue weighted by atomic mass is 10.4. The number of nitrogens with one attached hydrogen (secondary N) is 1. The summed E-state index contributed by atoms with van der Waals surface area (Å²) in [6, 6.07) is 0. The lowest BCUT2D eigenvalue weighted by molar-refractivity contribution is -0.125. The maximum Gasteiger partial charge on any atom is 0.295 e. The average molecular weight is 201 g/mol. The van der Waals surface area contributed by atoms with E-state index in [-0.39, 0.29) is 18.8 Å². The standard InChI is InChI=1S/C7H11N3O4/c1-14-3-2-10(8)4-5(11)7(13)9-6(4)12/h2-3,8H2,1H3,(H2,9,11,12,13). The topological polar surface area (TPSA) is 105 Å². The maximum absolute atomic E-state index is 11.1. The molecule has 1 rings (SSSR count). The zero-order valence-electron chi connectivity index (χ0n) is 7.61. The zero-order chi connectivity index (χ0) is 10.7. The van der Waals surface area contributed by atoms with Gasteiger partial charge in [0.15, 0.2) is 5.70 Å². The molecule has 7 heteroatoms. The number of hydrogen-bond acceptors (Lipinski definition) is 6. The Balaban J connectivity index is 2.75. The number of hydrogen-bond donors (Lipinski definition) is 3. The predicted molar refractivity (Wildman–Crippen MR) is 45.6 cm³/mol. The molecule has 0 saturated heterocycles. The van der Waals surface area contributed by atoms with Gasteiger partial charge < -0.3 is 14.9 Å². The number of carbonyl (C=O) groups excluding carboxylic acids is 2. The van der Waals surface area contributed by atoms with Crippen molar-refractivity contribution in [1.82, 2.24) is 10.3 Å². The van der Waals surface area contributed by atoms with Gasteiger partial charge in [-0.15, -0.1) is 0 Å². The Labute approximate surface area is 80.1 Å². The molecule has 0 aromatic carbocycles. The van der Waals surface area contributed by atoms with Crippen molar-refractivity contribution in [2.45, 2.75) is 0 Å². The van der Waals surface area contributed by atoms with Crippen LogP contribution in [0.4, 0.5) is 0 Å². The summed E-state index contributed by atoms with van der Waals surface area (Å²) in [5, 5.41) is 12.1. The number of rotatable bonds is 4. The van der Waals surface area contributed by atoms with Gasteiger partial charge >= 0.3 is 0 Å². The SMILES string of the molecule is COCCN(N)C1=C(O)C(=O)NC1=O. The first-order valence-electron chi connectivity index (χ1n) is 3.88. The minimum atomic E-state index is -0.835. The number of amides is 2. The van der Waals surface area contributed by atoms with Crippen molar-refractivity contribution in [2.24, 2.45) is 5.84 Å². The van der Waals surface area contributed by atoms with E-state index in [1.54, 1.807) is 0 Å². The van der Waals surface area contributed by atoms with Gasteiger partial charge in [-0.05, 0) is 0 Å². The molecule has 0 radical (unpaired) electrons. The van der Waals surface area contributed by atoms with E-state index >= 15 is 0 Å². The van der Waals surface area contributed by atoms with Crippen molar-refractivity contribution in [1.29, 1.82) is 0 Å². The number of methoxy groups -OCH3 is 1. The molecule has 0 saturated carbocycles. The molecular formula is C7H11N3O4. The highest BCUT2D eigenvalue weighted by molar-refractivity contribution is 6.17. The summed E-state index contributed by atoms with van der Waals surface area (Å²) in [7, 11) is 1.47. The van der Waals surface area contributed by atoms with Gasteiger partial charge in [-0.2, -0.15) is 0 Å². The number of ether oxygens (including phenoxy) is 1. The van der Waals surface area contributed by atoms with Crippen LogP contribution >= 0.6 is 0 Å². The minimum Gasteiger partial charge on any atom is -0.501 e. The first-order chi connectivity index (χ1) is 6.57. The van der Waals surface area contributed by atoms with Gasteiger partial charge in [-0.1, -0.05) is 0 Å². The Morgan fingerprint density at radius 1 is 1.50 bits per heavy atom. The van der Waals surface area contributed by atoms with Crippen molar-refractivity contribution in [3.05, 3.63) is 11.5 Å². The molecule has 2 amide bonds. The molecule has 0 aromatic heterocycles. The van der Waals surface area contributed by atoms with Crippen LogP contribution in [0.5, 0.6) is 0 Å². The summed E-state index contributed by atoms with van der Waals surface area (Å²) in [6.45, 7) is 0.491. The largest absolute Gasteiger partial charge is 0.501 e. The van der Waals surface area contributed by atoms with E-state index in [0.717, 1.165) is 5.01 Å². The van der Waals surface area contributed by atoms with Gasteiger partial charge in [-0.25, -0.2) is 5.84 Å². The molecule has 1 aliphatic rings. The number of hydrazine groups is 1. The van der Waals surface area contributed by atoms with E-state index in [1.165, 1.54) is 7.11 Å². The molecule has 0 bridgehead atoms. The second kappa shape index (κ2) is 4.07. The van der Waals surface area contributed by atoms with E-state index in [4.69, 9.17) is 10.6 Å². The van der Waals surface area contributed by atoms with Gasteiger partial charge in [0.1, 0.15) is 0 Å². The predicted octanol–water partition coefficient (Wildman–Crippen LogP) is -1.77. The fraction of sp³-hybridized carbons (Fsp3) is 0.429. The maximum atomic E-state index is 11.1. The van der Waals surface area contributed by atoms with Crippen LogP contribution in [-0.4, -0.2) is 42.2 Å². The van der Waals surface area contributed by atoms with Crippen molar-refractivity contribution < 1.29 is 19.4 Å². The van der Waals surface area contributed by atoms with Gasteiger partial charge in [-0.3, -0.25) is 14.9 Å². The third-order valence-electron chi connectivity index (χ3n) is 1.71. The van der Waals surface area contributed by atoms with Gasteiger partial charge in [0.05, 0.1) is 13.2 Å². The molecule has 0 aliphatic carbocycles. The fourth-order valence-electron chi connectivity index (χ4n) is 1.00. The lowest BCUT2D eigenvalue weighted by Crippen LogP contribution is -2.38. The minimum absolute atomic E-state index is 0.205. The highest BCUT2D eigenvalue weighted by atomic mass is 16.5. The zero-order valence-corrected chi connectivity index (χ0v) is 7.61. The number of nitrogens with zero attached hydrogens (tertiary/aromatic N) is 1. The Hall–Kier alpha value is -1.60. The highest BCUT2D eigenvalue weighted by Crippen LogP contribution is 2.11. The molecule has 1 aliphatic heterocycles. The van der Waals surface area contributed by atoms with Crippen LogP contribution in [0.1, 0.15) is 0 Å². The Morgan fingerprint density at radius 3 is 2.57 bits per heavy atom. The first-order valence-corrected chi connectivity index (χ1v) is 3.88. The molecule has 7 nitrogen and oxygen atoms in total. The summed E-state index contributed by atoms with van der Waals surface area (Å²) in [6.07, 6.45) is 0. The summed E-state index contributed by atoms with van der Waals surface area (Å²) >= 11 is 0. The van der Waals surface area contributed by atoms with E-state index < -0.39 is 17.6 Å². The van der Waals surface area contributed by atoms with E-state index in [9.17, 15) is 14.7 Å². The van der Waals surface area contributed by atoms with Crippen molar-refractivity contribution in [3.63, 3.8) is 0 Å². The molecule has 0 fully saturated rings. The summed E-state index contributed by atoms with van der Waals surface area (Å²) in [5.41, 5.74) is -0.230. The number of carbonyl (C=O) groups is 2. The molecule has 78 valence electrons. The highest BCUT2D eigenvalue weighted by Gasteiger charge is 2.32. The fourth-order valence-corrected chi connectivity index (χ4v) is 1.00. The number of imide groups is 1. The molecule has 1 heterocycles. The van der Waals surface area contributed by atoms with Crippen LogP contribution in [0.3, 0.4) is 0 Å². The van der Waals surface area contributed by atoms with Gasteiger partial charge in [0, 0.05) is 7.11 Å². The van der Waals surface area contributed by atoms with Crippen LogP contribution in [0.15, 0.2) is 11.5 Å². The van der Waals surface area contributed by atoms with E-state index in [0.29, 0.717) is 0 Å². The van der Waals surface area contributed by atoms with Crippen LogP contribution in [0.2, 0.25) is 0 Å². The summed E-state index contributed by atoms with van der Waals surface area (Å²) in [4.78, 5) is 21.9. The Kier molecular flexibility index (Phi) is 3.05. The molecule has 14 heavy (non-hydrogen) atoms. The summed E-state index contributed by atoms with van der Waals surface area (Å²) < 4.78 is 4.73. The Bertz CT molecular complexity index is 299. The number of nitrogens with two attached hydrogens (primary N) is 1. The number of aliphatic hydroxyl groups excluding tert-OH is 1. The van der Waals surface area contributed by atoms with E-state index in [1.807, 2.05) is 5.32 Å². The first kappa shape index (κ1) is 10.5. The lowest BCUT2D eigenvalue weighted by Gasteiger charge is -2.16. The third-order valence-corrected chi connectivity index (χ3v) is 1.71. The molecule has 4 N–H and O–H groups in total. The van der Waals surface area contributed by atoms with Crippen LogP contribution < -0.4 is 11.2 Å². The van der Waals surface area contributed by atoms with Crippen LogP contribution in [0.25, 0.3) is 0 Å². The van der Waals surface area contributed by atoms with Crippen molar-refractivity contribution >= 4 is 11.8 Å². The normalized spacial score (nSPS) is 16.1. The third kappa shape index (κ3) is 1.83. The molecule has 0 unspecified atom stereocenters. The Morgan fingerprint density at radius 2 is 2.14 bits per heavy atom. The monoisotopic (exact) mass is 201 g/mol. The summed E-state index contributed by atoms with van der Waals surface area (Å²) in [5.74, 6) is 3.23. The molecule has 0 atom stereocenters. The average Bonchev–Trinajstić information content (AvgIpc) is 2.38. The second-order valence-electron chi connectivity index (χ2n) is 2.67. The second-order valence-corrected chi connectivity index (χ2v) is 2.67. The number of aliphatic hydroxyl groups is 1. The van der Waals surface area contributed by atoms with Crippen molar-refractivity contribution in [3.8, 4) is 0 Å². The van der Waals surface area contributed by atoms with Crippen LogP contribution in [0, 0.1) is 0 Å². The van der Waals surface area contributed by atoms with Crippen molar-refractivity contribution in [2.75, 3.05) is 20.3 Å².